The number of nitrogens with zero attached hydrogens (tertiary/aromatic N) is 1. The minimum atomic E-state index is -4.73. The Kier molecular flexibility index (Phi) is 3.19. The second kappa shape index (κ2) is 4.82. The van der Waals surface area contributed by atoms with Crippen LogP contribution in [-0.4, -0.2) is 27.4 Å². The van der Waals surface area contributed by atoms with Crippen molar-refractivity contribution in [1.82, 2.24) is 10.2 Å². The highest BCUT2D eigenvalue weighted by Crippen LogP contribution is 2.46. The molecule has 116 valence electrons. The van der Waals surface area contributed by atoms with Gasteiger partial charge in [-0.2, -0.15) is 18.3 Å². The number of carbonyl (C=O) groups is 1. The van der Waals surface area contributed by atoms with Crippen molar-refractivity contribution in [3.05, 3.63) is 52.3 Å². The molecule has 22 heavy (non-hydrogen) atoms. The first-order chi connectivity index (χ1) is 10.3. The van der Waals surface area contributed by atoms with Crippen molar-refractivity contribution in [2.75, 3.05) is 0 Å². The highest BCUT2D eigenvalue weighted by Gasteiger charge is 2.46. The van der Waals surface area contributed by atoms with E-state index in [0.29, 0.717) is 0 Å². The number of nitrogens with one attached hydrogen (secondary N) is 1. The average Bonchev–Trinajstić information content (AvgIpc) is 2.95. The number of carboxylic acid groups (broad SMARTS) is 1. The van der Waals surface area contributed by atoms with Crippen molar-refractivity contribution in [2.24, 2.45) is 0 Å². The van der Waals surface area contributed by atoms with E-state index in [-0.39, 0.29) is 28.8 Å². The molecular formula is C14H10F4N2O2. The molecule has 0 fully saturated rings. The molecule has 2 aromatic rings. The van der Waals surface area contributed by atoms with E-state index in [9.17, 15) is 27.5 Å². The Hall–Kier alpha value is -2.38. The molecule has 0 bridgehead atoms. The number of benzene rings is 1. The van der Waals surface area contributed by atoms with Crippen LogP contribution in [-0.2, 0) is 12.6 Å². The Morgan fingerprint density at radius 1 is 1.32 bits per heavy atom. The highest BCUT2D eigenvalue weighted by molar-refractivity contribution is 5.90. The molecule has 0 saturated heterocycles. The van der Waals surface area contributed by atoms with Crippen molar-refractivity contribution >= 4 is 5.97 Å². The summed E-state index contributed by atoms with van der Waals surface area (Å²) in [6, 6.07) is 5.49. The molecule has 0 amide bonds. The Morgan fingerprint density at radius 2 is 2.00 bits per heavy atom. The summed E-state index contributed by atoms with van der Waals surface area (Å²) in [7, 11) is 0. The molecule has 0 aliphatic heterocycles. The van der Waals surface area contributed by atoms with Crippen LogP contribution in [0.1, 0.15) is 38.8 Å². The normalized spacial score (nSPS) is 20.9. The maximum absolute atomic E-state index is 14.3. The van der Waals surface area contributed by atoms with Gasteiger partial charge in [0.05, 0.1) is 5.56 Å². The number of aromatic carboxylic acids is 1. The summed E-state index contributed by atoms with van der Waals surface area (Å²) in [5.41, 5.74) is -1.61. The molecule has 8 heteroatoms. The Labute approximate surface area is 121 Å². The van der Waals surface area contributed by atoms with E-state index in [0.717, 1.165) is 0 Å². The van der Waals surface area contributed by atoms with Crippen molar-refractivity contribution in [3.8, 4) is 0 Å². The lowest BCUT2D eigenvalue weighted by atomic mass is 9.88. The number of alkyl halides is 4. The van der Waals surface area contributed by atoms with Crippen LogP contribution in [0.15, 0.2) is 24.3 Å². The fourth-order valence-corrected chi connectivity index (χ4v) is 2.90. The quantitative estimate of drug-likeness (QED) is 0.837. The smallest absolute Gasteiger partial charge is 0.435 e. The van der Waals surface area contributed by atoms with Gasteiger partial charge in [-0.15, -0.1) is 0 Å². The number of halogens is 4. The van der Waals surface area contributed by atoms with Gasteiger partial charge in [0.1, 0.15) is 6.17 Å². The van der Waals surface area contributed by atoms with E-state index >= 15 is 0 Å². The number of fused-ring (bicyclic) bond motifs is 1. The number of hydrogen-bond donors (Lipinski definition) is 2. The van der Waals surface area contributed by atoms with Crippen LogP contribution < -0.4 is 0 Å². The number of hydrogen-bond acceptors (Lipinski definition) is 2. The molecule has 0 saturated carbocycles. The van der Waals surface area contributed by atoms with Gasteiger partial charge in [-0.1, -0.05) is 18.2 Å². The van der Waals surface area contributed by atoms with E-state index in [1.807, 2.05) is 0 Å². The van der Waals surface area contributed by atoms with Gasteiger partial charge in [0.2, 0.25) is 0 Å². The van der Waals surface area contributed by atoms with Gasteiger partial charge in [-0.05, 0) is 11.6 Å². The van der Waals surface area contributed by atoms with Crippen LogP contribution in [0, 0.1) is 0 Å². The minimum Gasteiger partial charge on any atom is -0.478 e. The van der Waals surface area contributed by atoms with Gasteiger partial charge in [-0.25, -0.2) is 9.18 Å². The number of carboxylic acids is 1. The molecule has 0 spiro atoms. The predicted molar refractivity (Wildman–Crippen MR) is 67.4 cm³/mol. The lowest BCUT2D eigenvalue weighted by Crippen LogP contribution is -2.18. The molecule has 3 rings (SSSR count). The van der Waals surface area contributed by atoms with E-state index in [1.165, 1.54) is 24.3 Å². The fraction of sp³-hybridized carbons (Fsp3) is 0.286. The summed E-state index contributed by atoms with van der Waals surface area (Å²) in [6.07, 6.45) is -6.62. The molecule has 1 heterocycles. The third kappa shape index (κ3) is 2.15. The Balaban J connectivity index is 2.19. The van der Waals surface area contributed by atoms with Gasteiger partial charge in [-0.3, -0.25) is 5.10 Å². The first-order valence-corrected chi connectivity index (χ1v) is 6.41. The second-order valence-corrected chi connectivity index (χ2v) is 5.05. The van der Waals surface area contributed by atoms with Crippen LogP contribution in [0.4, 0.5) is 17.6 Å². The van der Waals surface area contributed by atoms with E-state index in [4.69, 9.17) is 0 Å². The first kappa shape index (κ1) is 14.6. The largest absolute Gasteiger partial charge is 0.478 e. The van der Waals surface area contributed by atoms with Gasteiger partial charge in [0.15, 0.2) is 5.69 Å². The van der Waals surface area contributed by atoms with Crippen molar-refractivity contribution in [2.45, 2.75) is 24.7 Å². The standard InChI is InChI=1S/C14H10F4N2O2/c15-8-5-9-11(12(20-19-9)14(16,17)18)10(8)6-3-1-2-4-7(6)13(21)22/h1-4,8,10H,5H2,(H,19,20)(H,21,22)/t8-,10+/m0/s1. The highest BCUT2D eigenvalue weighted by atomic mass is 19.4. The summed E-state index contributed by atoms with van der Waals surface area (Å²) in [4.78, 5) is 11.2. The van der Waals surface area contributed by atoms with E-state index in [2.05, 4.69) is 10.2 Å². The number of rotatable bonds is 2. The lowest BCUT2D eigenvalue weighted by Gasteiger charge is -2.18. The third-order valence-corrected chi connectivity index (χ3v) is 3.75. The van der Waals surface area contributed by atoms with Crippen molar-refractivity contribution < 1.29 is 27.5 Å². The number of aromatic amines is 1. The maximum atomic E-state index is 14.3. The molecule has 1 aromatic carbocycles. The summed E-state index contributed by atoms with van der Waals surface area (Å²) in [5, 5.41) is 14.6. The molecule has 1 aliphatic carbocycles. The van der Waals surface area contributed by atoms with Crippen LogP contribution in [0.2, 0.25) is 0 Å². The van der Waals surface area contributed by atoms with Gasteiger partial charge in [0, 0.05) is 23.6 Å². The zero-order valence-corrected chi connectivity index (χ0v) is 11.0. The summed E-state index contributed by atoms with van der Waals surface area (Å²) >= 11 is 0. The van der Waals surface area contributed by atoms with Gasteiger partial charge >= 0.3 is 12.1 Å². The topological polar surface area (TPSA) is 66.0 Å². The average molecular weight is 314 g/mol. The monoisotopic (exact) mass is 314 g/mol. The molecule has 2 N–H and O–H groups in total. The van der Waals surface area contributed by atoms with Crippen molar-refractivity contribution in [1.29, 1.82) is 0 Å². The van der Waals surface area contributed by atoms with Gasteiger partial charge < -0.3 is 5.11 Å². The van der Waals surface area contributed by atoms with Crippen molar-refractivity contribution in [3.63, 3.8) is 0 Å². The number of aromatic nitrogens is 2. The Bertz CT molecular complexity index is 739. The van der Waals surface area contributed by atoms with Crippen LogP contribution in [0.5, 0.6) is 0 Å². The molecule has 0 unspecified atom stereocenters. The zero-order chi connectivity index (χ0) is 16.1. The zero-order valence-electron chi connectivity index (χ0n) is 11.0. The van der Waals surface area contributed by atoms with Crippen LogP contribution >= 0.6 is 0 Å². The summed E-state index contributed by atoms with van der Waals surface area (Å²) in [5.74, 6) is -2.61. The van der Waals surface area contributed by atoms with E-state index in [1.54, 1.807) is 0 Å². The van der Waals surface area contributed by atoms with Gasteiger partial charge in [0.25, 0.3) is 0 Å². The fourth-order valence-electron chi connectivity index (χ4n) is 2.90. The number of H-pyrrole nitrogens is 1. The maximum Gasteiger partial charge on any atom is 0.435 e. The Morgan fingerprint density at radius 3 is 2.64 bits per heavy atom. The van der Waals surface area contributed by atoms with Crippen LogP contribution in [0.3, 0.4) is 0 Å². The molecular weight excluding hydrogens is 304 g/mol. The third-order valence-electron chi connectivity index (χ3n) is 3.75. The second-order valence-electron chi connectivity index (χ2n) is 5.05. The predicted octanol–water partition coefficient (Wildman–Crippen LogP) is 3.15. The molecule has 2 atom stereocenters. The summed E-state index contributed by atoms with van der Waals surface area (Å²) in [6.45, 7) is 0. The molecule has 1 aromatic heterocycles. The minimum absolute atomic E-state index is 0.0214. The molecule has 1 aliphatic rings. The SMILES string of the molecule is O=C(O)c1ccccc1[C@H]1c2c(C(F)(F)F)n[nH]c2C[C@@H]1F. The van der Waals surface area contributed by atoms with E-state index < -0.39 is 29.9 Å². The molecule has 4 nitrogen and oxygen atoms in total. The lowest BCUT2D eigenvalue weighted by molar-refractivity contribution is -0.141. The molecule has 0 radical (unpaired) electrons. The summed E-state index contributed by atoms with van der Waals surface area (Å²) < 4.78 is 53.4. The van der Waals surface area contributed by atoms with Crippen LogP contribution in [0.25, 0.3) is 0 Å². The first-order valence-electron chi connectivity index (χ1n) is 6.41.